The Kier molecular flexibility index (Phi) is 4.33. The molecular formula is C23H25N3. The summed E-state index contributed by atoms with van der Waals surface area (Å²) >= 11 is 0. The molecule has 2 aliphatic rings. The Labute approximate surface area is 155 Å². The van der Waals surface area contributed by atoms with Crippen LogP contribution in [-0.2, 0) is 18.4 Å². The first-order chi connectivity index (χ1) is 12.7. The molecule has 1 saturated heterocycles. The van der Waals surface area contributed by atoms with E-state index in [1.165, 1.54) is 28.5 Å². The van der Waals surface area contributed by atoms with Crippen LogP contribution < -0.4 is 0 Å². The van der Waals surface area contributed by atoms with Crippen molar-refractivity contribution < 1.29 is 0 Å². The first kappa shape index (κ1) is 16.9. The molecule has 4 rings (SSSR count). The molecule has 26 heavy (non-hydrogen) atoms. The molecule has 2 unspecified atom stereocenters. The lowest BCUT2D eigenvalue weighted by Gasteiger charge is -2.37. The second-order valence-corrected chi connectivity index (χ2v) is 7.40. The van der Waals surface area contributed by atoms with E-state index < -0.39 is 0 Å². The molecule has 2 bridgehead atoms. The van der Waals surface area contributed by atoms with Crippen LogP contribution in [0.25, 0.3) is 0 Å². The Morgan fingerprint density at radius 1 is 1.19 bits per heavy atom. The summed E-state index contributed by atoms with van der Waals surface area (Å²) in [5, 5.41) is 15.3. The maximum atomic E-state index is 8.22. The predicted octanol–water partition coefficient (Wildman–Crippen LogP) is 4.33. The van der Waals surface area contributed by atoms with Crippen molar-refractivity contribution in [2.45, 2.75) is 31.7 Å². The lowest BCUT2D eigenvalue weighted by Crippen LogP contribution is -2.37. The van der Waals surface area contributed by atoms with Crippen molar-refractivity contribution in [1.82, 2.24) is 4.90 Å². The number of aryl methyl sites for hydroxylation is 1. The molecule has 0 aromatic heterocycles. The highest BCUT2D eigenvalue weighted by molar-refractivity contribution is 6.08. The molecule has 0 aliphatic carbocycles. The summed E-state index contributed by atoms with van der Waals surface area (Å²) in [4.78, 5) is 2.54. The minimum Gasteiger partial charge on any atom is -0.309 e. The summed E-state index contributed by atoms with van der Waals surface area (Å²) < 4.78 is 0. The van der Waals surface area contributed by atoms with Crippen molar-refractivity contribution in [3.05, 3.63) is 82.4 Å². The third-order valence-corrected chi connectivity index (χ3v) is 5.95. The Hall–Kier alpha value is -2.52. The normalized spacial score (nSPS) is 23.8. The van der Waals surface area contributed by atoms with Crippen LogP contribution in [-0.4, -0.2) is 29.9 Å². The Bertz CT molecular complexity index is 879. The second kappa shape index (κ2) is 6.65. The molecule has 1 fully saturated rings. The Morgan fingerprint density at radius 3 is 2.73 bits per heavy atom. The zero-order valence-electron chi connectivity index (χ0n) is 15.3. The van der Waals surface area contributed by atoms with Crippen LogP contribution in [0.5, 0.6) is 0 Å². The molecule has 3 heteroatoms. The van der Waals surface area contributed by atoms with Crippen LogP contribution >= 0.6 is 0 Å². The summed E-state index contributed by atoms with van der Waals surface area (Å²) in [6.45, 7) is 5.39. The molecule has 0 radical (unpaired) electrons. The predicted molar refractivity (Wildman–Crippen MR) is 108 cm³/mol. The Morgan fingerprint density at radius 2 is 2.00 bits per heavy atom. The van der Waals surface area contributed by atoms with Crippen molar-refractivity contribution in [3.63, 3.8) is 0 Å². The van der Waals surface area contributed by atoms with Gasteiger partial charge in [0.2, 0.25) is 0 Å². The molecule has 2 aliphatic heterocycles. The molecule has 0 spiro atoms. The van der Waals surface area contributed by atoms with E-state index in [0.717, 1.165) is 38.0 Å². The number of nitrogens with zero attached hydrogens (tertiary/aromatic N) is 1. The van der Waals surface area contributed by atoms with E-state index in [1.54, 1.807) is 12.2 Å². The molecule has 2 N–H and O–H groups in total. The van der Waals surface area contributed by atoms with Gasteiger partial charge in [0.1, 0.15) is 0 Å². The highest BCUT2D eigenvalue weighted by Crippen LogP contribution is 2.46. The maximum Gasteiger partial charge on any atom is 0.0612 e. The molecule has 0 amide bonds. The van der Waals surface area contributed by atoms with E-state index in [4.69, 9.17) is 10.8 Å². The monoisotopic (exact) mass is 343 g/mol. The number of allylic oxidation sites excluding steroid dienone is 2. The smallest absolute Gasteiger partial charge is 0.0612 e. The first-order valence-corrected chi connectivity index (χ1v) is 9.37. The number of hydrogen-bond donors (Lipinski definition) is 2. The molecule has 2 aromatic rings. The zero-order chi connectivity index (χ0) is 18.1. The van der Waals surface area contributed by atoms with Crippen molar-refractivity contribution in [2.75, 3.05) is 13.1 Å². The summed E-state index contributed by atoms with van der Waals surface area (Å²) in [5.74, 6) is 0. The third kappa shape index (κ3) is 2.73. The van der Waals surface area contributed by atoms with E-state index in [0.29, 0.717) is 5.71 Å². The topological polar surface area (TPSA) is 50.9 Å². The van der Waals surface area contributed by atoms with Gasteiger partial charge in [-0.3, -0.25) is 4.90 Å². The summed E-state index contributed by atoms with van der Waals surface area (Å²) in [5.41, 5.74) is 7.07. The Balaban J connectivity index is 1.76. The number of fused-ring (bicyclic) bond motifs is 4. The average molecular weight is 343 g/mol. The van der Waals surface area contributed by atoms with Crippen LogP contribution in [0.15, 0.2) is 54.6 Å². The second-order valence-electron chi connectivity index (χ2n) is 7.40. The van der Waals surface area contributed by atoms with Gasteiger partial charge in [0.15, 0.2) is 0 Å². The van der Waals surface area contributed by atoms with Gasteiger partial charge in [-0.05, 0) is 65.4 Å². The molecular weight excluding hydrogens is 318 g/mol. The fraction of sp³-hybridized carbons (Fsp3) is 0.304. The molecule has 2 heterocycles. The lowest BCUT2D eigenvalue weighted by molar-refractivity contribution is 0.294. The first-order valence-electron chi connectivity index (χ1n) is 9.37. The van der Waals surface area contributed by atoms with Gasteiger partial charge in [0.05, 0.1) is 5.71 Å². The quantitative estimate of drug-likeness (QED) is 0.780. The lowest BCUT2D eigenvalue weighted by atomic mass is 9.70. The van der Waals surface area contributed by atoms with E-state index >= 15 is 0 Å². The number of hydrogen-bond acceptors (Lipinski definition) is 3. The minimum absolute atomic E-state index is 0.0887. The van der Waals surface area contributed by atoms with E-state index in [1.807, 2.05) is 0 Å². The van der Waals surface area contributed by atoms with Crippen LogP contribution in [0, 0.1) is 10.8 Å². The number of benzene rings is 2. The van der Waals surface area contributed by atoms with E-state index in [2.05, 4.69) is 54.3 Å². The van der Waals surface area contributed by atoms with Crippen LogP contribution in [0.4, 0.5) is 0 Å². The summed E-state index contributed by atoms with van der Waals surface area (Å²) in [6, 6.07) is 15.7. The average Bonchev–Trinajstić information content (AvgIpc) is 3.04. The largest absolute Gasteiger partial charge is 0.309 e. The standard InChI is InChI=1S/C23H25N3/c1-2-17-5-8-20(9-6-17)23-11-13-26(16-23)15-19-14-18(7-10-21(19)23)22(25)4-3-12-24/h3-10,12,14,24-25H,2,11,13,15-16H2,1H3/b4-3-,24-12?,25-22?. The van der Waals surface area contributed by atoms with Crippen molar-refractivity contribution >= 4 is 11.9 Å². The molecule has 3 nitrogen and oxygen atoms in total. The van der Waals surface area contributed by atoms with Gasteiger partial charge in [-0.2, -0.15) is 0 Å². The molecule has 0 saturated carbocycles. The SMILES string of the molecule is CCc1ccc(C23CCN(Cc4cc(C(=N)/C=C\C=N)ccc42)C3)cc1. The van der Waals surface area contributed by atoms with Crippen LogP contribution in [0.1, 0.15) is 41.2 Å². The number of rotatable bonds is 5. The van der Waals surface area contributed by atoms with Crippen LogP contribution in [0.2, 0.25) is 0 Å². The van der Waals surface area contributed by atoms with E-state index in [9.17, 15) is 0 Å². The summed E-state index contributed by atoms with van der Waals surface area (Å²) in [7, 11) is 0. The van der Waals surface area contributed by atoms with Crippen molar-refractivity contribution in [2.24, 2.45) is 0 Å². The van der Waals surface area contributed by atoms with Crippen molar-refractivity contribution in [1.29, 1.82) is 10.8 Å². The maximum absolute atomic E-state index is 8.22. The zero-order valence-corrected chi connectivity index (χ0v) is 15.3. The van der Waals surface area contributed by atoms with Gasteiger partial charge >= 0.3 is 0 Å². The van der Waals surface area contributed by atoms with Gasteiger partial charge in [0.25, 0.3) is 0 Å². The fourth-order valence-electron chi connectivity index (χ4n) is 4.53. The van der Waals surface area contributed by atoms with Gasteiger partial charge < -0.3 is 10.8 Å². The third-order valence-electron chi connectivity index (χ3n) is 5.95. The minimum atomic E-state index is 0.0887. The van der Waals surface area contributed by atoms with E-state index in [-0.39, 0.29) is 5.41 Å². The fourth-order valence-corrected chi connectivity index (χ4v) is 4.53. The highest BCUT2D eigenvalue weighted by Gasteiger charge is 2.45. The molecule has 2 atom stereocenters. The van der Waals surface area contributed by atoms with Crippen molar-refractivity contribution in [3.8, 4) is 0 Å². The van der Waals surface area contributed by atoms with Gasteiger partial charge in [-0.15, -0.1) is 0 Å². The number of nitrogens with one attached hydrogen (secondary N) is 2. The highest BCUT2D eigenvalue weighted by atomic mass is 15.2. The van der Waals surface area contributed by atoms with Gasteiger partial charge in [-0.1, -0.05) is 43.3 Å². The molecule has 2 aromatic carbocycles. The molecule has 132 valence electrons. The summed E-state index contributed by atoms with van der Waals surface area (Å²) in [6.07, 6.45) is 6.74. The van der Waals surface area contributed by atoms with Gasteiger partial charge in [-0.25, -0.2) is 0 Å². The van der Waals surface area contributed by atoms with Gasteiger partial charge in [0, 0.05) is 24.7 Å². The van der Waals surface area contributed by atoms with Crippen LogP contribution in [0.3, 0.4) is 0 Å².